The smallest absolute Gasteiger partial charge is 0.234 e. The van der Waals surface area contributed by atoms with Gasteiger partial charge in [0.1, 0.15) is 5.76 Å². The van der Waals surface area contributed by atoms with Crippen LogP contribution >= 0.6 is 0 Å². The quantitative estimate of drug-likeness (QED) is 0.830. The molecule has 132 valence electrons. The first-order valence-electron chi connectivity index (χ1n) is 9.02. The molecular weight excluding hydrogens is 306 g/mol. The summed E-state index contributed by atoms with van der Waals surface area (Å²) in [7, 11) is 0. The highest BCUT2D eigenvalue weighted by Gasteiger charge is 2.26. The molecule has 1 aliphatic heterocycles. The summed E-state index contributed by atoms with van der Waals surface area (Å²) in [6, 6.07) is 4.05. The maximum Gasteiger partial charge on any atom is 0.234 e. The van der Waals surface area contributed by atoms with E-state index in [0.29, 0.717) is 19.1 Å². The van der Waals surface area contributed by atoms with Gasteiger partial charge in [0.2, 0.25) is 11.8 Å². The van der Waals surface area contributed by atoms with Crippen molar-refractivity contribution in [2.45, 2.75) is 51.1 Å². The third kappa shape index (κ3) is 4.84. The van der Waals surface area contributed by atoms with E-state index in [-0.39, 0.29) is 17.7 Å². The molecule has 0 atom stereocenters. The molecule has 1 aromatic rings. The van der Waals surface area contributed by atoms with Gasteiger partial charge in [-0.3, -0.25) is 14.5 Å². The minimum absolute atomic E-state index is 0.0362. The Bertz CT molecular complexity index is 530. The number of hydrogen-bond acceptors (Lipinski definition) is 4. The van der Waals surface area contributed by atoms with Crippen LogP contribution in [0.2, 0.25) is 0 Å². The Morgan fingerprint density at radius 2 is 1.92 bits per heavy atom. The topological polar surface area (TPSA) is 74.6 Å². The van der Waals surface area contributed by atoms with E-state index in [2.05, 4.69) is 15.5 Å². The van der Waals surface area contributed by atoms with Crippen molar-refractivity contribution in [3.63, 3.8) is 0 Å². The van der Waals surface area contributed by atoms with Crippen molar-refractivity contribution < 1.29 is 14.0 Å². The van der Waals surface area contributed by atoms with E-state index in [0.717, 1.165) is 44.5 Å². The van der Waals surface area contributed by atoms with Gasteiger partial charge in [-0.15, -0.1) is 0 Å². The summed E-state index contributed by atoms with van der Waals surface area (Å²) in [4.78, 5) is 26.4. The Morgan fingerprint density at radius 1 is 1.17 bits per heavy atom. The summed E-state index contributed by atoms with van der Waals surface area (Å²) in [5.41, 5.74) is 0. The highest BCUT2D eigenvalue weighted by atomic mass is 16.3. The Balaban J connectivity index is 1.34. The van der Waals surface area contributed by atoms with Gasteiger partial charge < -0.3 is 15.1 Å². The molecule has 0 spiro atoms. The molecule has 1 aliphatic carbocycles. The summed E-state index contributed by atoms with van der Waals surface area (Å²) in [6.07, 6.45) is 7.90. The first kappa shape index (κ1) is 17.0. The van der Waals surface area contributed by atoms with Gasteiger partial charge in [-0.25, -0.2) is 0 Å². The summed E-state index contributed by atoms with van der Waals surface area (Å²) < 4.78 is 5.22. The fourth-order valence-electron chi connectivity index (χ4n) is 3.63. The standard InChI is InChI=1S/C18H27N3O3/c22-17(20-15-4-1-2-5-15)13-21-9-7-14(8-10-21)18(23)19-12-16-6-3-11-24-16/h3,6,11,14-15H,1-2,4-5,7-10,12-13H2,(H,19,23)(H,20,22). The van der Waals surface area contributed by atoms with Gasteiger partial charge in [-0.2, -0.15) is 0 Å². The van der Waals surface area contributed by atoms with E-state index in [1.54, 1.807) is 6.26 Å². The van der Waals surface area contributed by atoms with Gasteiger partial charge in [0, 0.05) is 12.0 Å². The van der Waals surface area contributed by atoms with Gasteiger partial charge in [0.25, 0.3) is 0 Å². The fraction of sp³-hybridized carbons (Fsp3) is 0.667. The molecular formula is C18H27N3O3. The molecule has 0 bridgehead atoms. The maximum absolute atomic E-state index is 12.2. The molecule has 3 rings (SSSR count). The van der Waals surface area contributed by atoms with Gasteiger partial charge in [0.05, 0.1) is 19.4 Å². The zero-order valence-electron chi connectivity index (χ0n) is 14.1. The van der Waals surface area contributed by atoms with E-state index < -0.39 is 0 Å². The van der Waals surface area contributed by atoms with Crippen LogP contribution in [0.3, 0.4) is 0 Å². The van der Waals surface area contributed by atoms with Crippen molar-refractivity contribution in [1.29, 1.82) is 0 Å². The molecule has 24 heavy (non-hydrogen) atoms. The second kappa shape index (κ2) is 8.33. The predicted molar refractivity (Wildman–Crippen MR) is 90.1 cm³/mol. The minimum atomic E-state index is 0.0362. The monoisotopic (exact) mass is 333 g/mol. The highest BCUT2D eigenvalue weighted by molar-refractivity contribution is 5.79. The molecule has 2 fully saturated rings. The van der Waals surface area contributed by atoms with Crippen LogP contribution in [0, 0.1) is 5.92 Å². The highest BCUT2D eigenvalue weighted by Crippen LogP contribution is 2.19. The molecule has 6 heteroatoms. The Morgan fingerprint density at radius 3 is 2.58 bits per heavy atom. The van der Waals surface area contributed by atoms with Crippen LogP contribution in [0.25, 0.3) is 0 Å². The van der Waals surface area contributed by atoms with Crippen molar-refractivity contribution in [3.8, 4) is 0 Å². The summed E-state index contributed by atoms with van der Waals surface area (Å²) in [5, 5.41) is 6.05. The Kier molecular flexibility index (Phi) is 5.91. The van der Waals surface area contributed by atoms with Gasteiger partial charge in [0.15, 0.2) is 0 Å². The third-order valence-corrected chi connectivity index (χ3v) is 5.06. The first-order valence-corrected chi connectivity index (χ1v) is 9.02. The zero-order chi connectivity index (χ0) is 16.8. The number of furan rings is 1. The molecule has 0 unspecified atom stereocenters. The number of piperidine rings is 1. The zero-order valence-corrected chi connectivity index (χ0v) is 14.1. The van der Waals surface area contributed by atoms with Crippen molar-refractivity contribution in [3.05, 3.63) is 24.2 Å². The Labute approximate surface area is 143 Å². The van der Waals surface area contributed by atoms with Crippen molar-refractivity contribution in [2.24, 2.45) is 5.92 Å². The van der Waals surface area contributed by atoms with E-state index in [9.17, 15) is 9.59 Å². The van der Waals surface area contributed by atoms with E-state index >= 15 is 0 Å². The molecule has 1 saturated carbocycles. The minimum Gasteiger partial charge on any atom is -0.467 e. The number of nitrogens with zero attached hydrogens (tertiary/aromatic N) is 1. The number of carbonyl (C=O) groups excluding carboxylic acids is 2. The van der Waals surface area contributed by atoms with E-state index in [1.165, 1.54) is 12.8 Å². The van der Waals surface area contributed by atoms with Crippen LogP contribution < -0.4 is 10.6 Å². The SMILES string of the molecule is O=C(CN1CCC(C(=O)NCc2ccco2)CC1)NC1CCCC1. The molecule has 2 heterocycles. The third-order valence-electron chi connectivity index (χ3n) is 5.06. The molecule has 0 radical (unpaired) electrons. The lowest BCUT2D eigenvalue weighted by Gasteiger charge is -2.31. The van der Waals surface area contributed by atoms with Gasteiger partial charge in [-0.05, 0) is 50.9 Å². The lowest BCUT2D eigenvalue weighted by Crippen LogP contribution is -2.45. The average molecular weight is 333 g/mol. The van der Waals surface area contributed by atoms with Crippen LogP contribution in [-0.2, 0) is 16.1 Å². The lowest BCUT2D eigenvalue weighted by molar-refractivity contribution is -0.127. The van der Waals surface area contributed by atoms with Crippen molar-refractivity contribution in [2.75, 3.05) is 19.6 Å². The van der Waals surface area contributed by atoms with Crippen LogP contribution in [0.15, 0.2) is 22.8 Å². The molecule has 1 aromatic heterocycles. The normalized spacial score (nSPS) is 20.2. The number of carbonyl (C=O) groups is 2. The van der Waals surface area contributed by atoms with E-state index in [1.807, 2.05) is 12.1 Å². The molecule has 0 aromatic carbocycles. The summed E-state index contributed by atoms with van der Waals surface area (Å²) in [5.74, 6) is 1.02. The molecule has 2 amide bonds. The summed E-state index contributed by atoms with van der Waals surface area (Å²) >= 11 is 0. The van der Waals surface area contributed by atoms with Crippen LogP contribution in [-0.4, -0.2) is 42.4 Å². The van der Waals surface area contributed by atoms with Crippen molar-refractivity contribution in [1.82, 2.24) is 15.5 Å². The predicted octanol–water partition coefficient (Wildman–Crippen LogP) is 1.67. The lowest BCUT2D eigenvalue weighted by atomic mass is 9.96. The number of amides is 2. The molecule has 6 nitrogen and oxygen atoms in total. The van der Waals surface area contributed by atoms with Gasteiger partial charge in [-0.1, -0.05) is 12.8 Å². The second-order valence-corrected chi connectivity index (χ2v) is 6.90. The summed E-state index contributed by atoms with van der Waals surface area (Å²) in [6.45, 7) is 2.50. The molecule has 1 saturated heterocycles. The number of nitrogens with one attached hydrogen (secondary N) is 2. The number of hydrogen-bond donors (Lipinski definition) is 2. The number of likely N-dealkylation sites (tertiary alicyclic amines) is 1. The molecule has 2 aliphatic rings. The van der Waals surface area contributed by atoms with Gasteiger partial charge >= 0.3 is 0 Å². The average Bonchev–Trinajstić information content (AvgIpc) is 3.27. The van der Waals surface area contributed by atoms with E-state index in [4.69, 9.17) is 4.42 Å². The van der Waals surface area contributed by atoms with Crippen LogP contribution in [0.4, 0.5) is 0 Å². The van der Waals surface area contributed by atoms with Crippen LogP contribution in [0.1, 0.15) is 44.3 Å². The molecule has 2 N–H and O–H groups in total. The fourth-order valence-corrected chi connectivity index (χ4v) is 3.63. The maximum atomic E-state index is 12.2. The second-order valence-electron chi connectivity index (χ2n) is 6.90. The number of rotatable bonds is 6. The van der Waals surface area contributed by atoms with Crippen LogP contribution in [0.5, 0.6) is 0 Å². The van der Waals surface area contributed by atoms with Crippen molar-refractivity contribution >= 4 is 11.8 Å². The Hall–Kier alpha value is -1.82. The largest absolute Gasteiger partial charge is 0.467 e. The first-order chi connectivity index (χ1) is 11.7.